The summed E-state index contributed by atoms with van der Waals surface area (Å²) >= 11 is 0. The molecule has 0 bridgehead atoms. The molecule has 8 nitrogen and oxygen atoms in total. The second kappa shape index (κ2) is 5.06. The molecule has 1 aliphatic heterocycles. The summed E-state index contributed by atoms with van der Waals surface area (Å²) in [5.41, 5.74) is 1.50. The number of aromatic nitrogens is 6. The van der Waals surface area contributed by atoms with Crippen molar-refractivity contribution in [3.63, 3.8) is 0 Å². The van der Waals surface area contributed by atoms with E-state index in [4.69, 9.17) is 4.52 Å². The number of hydrogen-bond donors (Lipinski definition) is 1. The van der Waals surface area contributed by atoms with Crippen LogP contribution >= 0.6 is 0 Å². The average molecular weight is 283 g/mol. The molecular formula is C13H13N7O. The van der Waals surface area contributed by atoms with E-state index in [1.807, 2.05) is 29.1 Å². The summed E-state index contributed by atoms with van der Waals surface area (Å²) in [6.07, 6.45) is 4.11. The van der Waals surface area contributed by atoms with Gasteiger partial charge in [0.25, 0.3) is 5.89 Å². The Bertz CT molecular complexity index is 732. The van der Waals surface area contributed by atoms with Crippen molar-refractivity contribution in [1.82, 2.24) is 35.4 Å². The monoisotopic (exact) mass is 283 g/mol. The topological polar surface area (TPSA) is 94.6 Å². The Hall–Kier alpha value is -2.61. The van der Waals surface area contributed by atoms with Crippen molar-refractivity contribution in [3.05, 3.63) is 42.1 Å². The normalized spacial score (nSPS) is 15.0. The Kier molecular flexibility index (Phi) is 2.93. The van der Waals surface area contributed by atoms with Crippen LogP contribution in [0.3, 0.4) is 0 Å². The van der Waals surface area contributed by atoms with Crippen LogP contribution in [0.1, 0.15) is 17.6 Å². The summed E-state index contributed by atoms with van der Waals surface area (Å²) in [6.45, 7) is 1.83. The molecule has 1 fully saturated rings. The number of hydrogen-bond acceptors (Lipinski definition) is 7. The van der Waals surface area contributed by atoms with Gasteiger partial charge in [0.05, 0.1) is 18.7 Å². The zero-order valence-electron chi connectivity index (χ0n) is 11.2. The molecule has 4 heterocycles. The highest BCUT2D eigenvalue weighted by molar-refractivity contribution is 5.43. The molecule has 21 heavy (non-hydrogen) atoms. The van der Waals surface area contributed by atoms with Gasteiger partial charge in [-0.3, -0.25) is 4.98 Å². The third-order valence-electron chi connectivity index (χ3n) is 3.40. The Balaban J connectivity index is 1.52. The smallest absolute Gasteiger partial charge is 0.280 e. The van der Waals surface area contributed by atoms with Gasteiger partial charge in [-0.1, -0.05) is 16.4 Å². The van der Waals surface area contributed by atoms with Gasteiger partial charge in [-0.15, -0.1) is 5.10 Å². The van der Waals surface area contributed by atoms with Crippen LogP contribution < -0.4 is 5.32 Å². The van der Waals surface area contributed by atoms with Gasteiger partial charge >= 0.3 is 0 Å². The molecule has 3 aromatic heterocycles. The number of nitrogens with zero attached hydrogens (tertiary/aromatic N) is 6. The minimum Gasteiger partial charge on any atom is -0.332 e. The van der Waals surface area contributed by atoms with Gasteiger partial charge in [0, 0.05) is 25.0 Å². The van der Waals surface area contributed by atoms with Crippen molar-refractivity contribution >= 4 is 0 Å². The van der Waals surface area contributed by atoms with E-state index in [-0.39, 0.29) is 0 Å². The van der Waals surface area contributed by atoms with Crippen LogP contribution in [0.4, 0.5) is 0 Å². The molecule has 0 radical (unpaired) electrons. The second-order valence-electron chi connectivity index (χ2n) is 4.91. The van der Waals surface area contributed by atoms with Gasteiger partial charge < -0.3 is 9.84 Å². The van der Waals surface area contributed by atoms with Crippen LogP contribution in [0.25, 0.3) is 11.6 Å². The zero-order valence-corrected chi connectivity index (χ0v) is 11.2. The van der Waals surface area contributed by atoms with Gasteiger partial charge in [0.15, 0.2) is 11.5 Å². The van der Waals surface area contributed by atoms with Crippen LogP contribution in [-0.2, 0) is 6.42 Å². The predicted octanol–water partition coefficient (Wildman–Crippen LogP) is 0.458. The van der Waals surface area contributed by atoms with E-state index in [1.165, 1.54) is 0 Å². The van der Waals surface area contributed by atoms with Crippen molar-refractivity contribution in [2.24, 2.45) is 0 Å². The van der Waals surface area contributed by atoms with E-state index >= 15 is 0 Å². The summed E-state index contributed by atoms with van der Waals surface area (Å²) in [6, 6.07) is 6.10. The van der Waals surface area contributed by atoms with Crippen molar-refractivity contribution < 1.29 is 4.52 Å². The van der Waals surface area contributed by atoms with Crippen molar-refractivity contribution in [2.45, 2.75) is 12.5 Å². The Morgan fingerprint density at radius 3 is 3.05 bits per heavy atom. The number of pyridine rings is 1. The molecule has 0 aliphatic carbocycles. The maximum absolute atomic E-state index is 5.25. The van der Waals surface area contributed by atoms with Crippen molar-refractivity contribution in [2.75, 3.05) is 13.1 Å². The molecule has 106 valence electrons. The first kappa shape index (κ1) is 12.2. The van der Waals surface area contributed by atoms with E-state index in [9.17, 15) is 0 Å². The molecule has 0 atom stereocenters. The van der Waals surface area contributed by atoms with Crippen molar-refractivity contribution in [1.29, 1.82) is 0 Å². The summed E-state index contributed by atoms with van der Waals surface area (Å²) < 4.78 is 7.08. The standard InChI is InChI=1S/C13H13N7O/c1-2-4-15-9(3-1)5-12-16-13(21-18-12)11-8-20(19-17-11)10-6-14-7-10/h1-4,8,10,14H,5-7H2. The van der Waals surface area contributed by atoms with E-state index in [2.05, 4.69) is 30.8 Å². The molecule has 0 unspecified atom stereocenters. The van der Waals surface area contributed by atoms with Crippen LogP contribution in [0, 0.1) is 0 Å². The summed E-state index contributed by atoms with van der Waals surface area (Å²) in [4.78, 5) is 8.58. The van der Waals surface area contributed by atoms with Gasteiger partial charge in [0.1, 0.15) is 0 Å². The average Bonchev–Trinajstić information content (AvgIpc) is 3.07. The third kappa shape index (κ3) is 2.40. The highest BCUT2D eigenvalue weighted by atomic mass is 16.5. The molecule has 0 spiro atoms. The lowest BCUT2D eigenvalue weighted by Crippen LogP contribution is -2.43. The van der Waals surface area contributed by atoms with Gasteiger partial charge in [-0.25, -0.2) is 4.68 Å². The molecule has 1 saturated heterocycles. The predicted molar refractivity (Wildman–Crippen MR) is 72.3 cm³/mol. The van der Waals surface area contributed by atoms with Gasteiger partial charge in [-0.05, 0) is 12.1 Å². The Morgan fingerprint density at radius 1 is 1.33 bits per heavy atom. The van der Waals surface area contributed by atoms with Gasteiger partial charge in [-0.2, -0.15) is 4.98 Å². The first-order valence-corrected chi connectivity index (χ1v) is 6.74. The van der Waals surface area contributed by atoms with E-state index in [0.717, 1.165) is 18.8 Å². The van der Waals surface area contributed by atoms with E-state index in [1.54, 1.807) is 6.20 Å². The van der Waals surface area contributed by atoms with Gasteiger partial charge in [0.2, 0.25) is 0 Å². The summed E-state index contributed by atoms with van der Waals surface area (Å²) in [7, 11) is 0. The Labute approximate surface area is 120 Å². The zero-order chi connectivity index (χ0) is 14.1. The van der Waals surface area contributed by atoms with E-state index in [0.29, 0.717) is 29.9 Å². The largest absolute Gasteiger partial charge is 0.332 e. The molecule has 1 N–H and O–H groups in total. The molecule has 3 aromatic rings. The lowest BCUT2D eigenvalue weighted by Gasteiger charge is -2.26. The molecule has 1 aliphatic rings. The first-order chi connectivity index (χ1) is 10.4. The molecule has 0 amide bonds. The van der Waals surface area contributed by atoms with Crippen LogP contribution in [0.5, 0.6) is 0 Å². The summed E-state index contributed by atoms with van der Waals surface area (Å²) in [5, 5.41) is 15.3. The maximum atomic E-state index is 5.25. The fraction of sp³-hybridized carbons (Fsp3) is 0.308. The molecule has 0 saturated carbocycles. The van der Waals surface area contributed by atoms with Crippen LogP contribution in [-0.4, -0.2) is 43.2 Å². The number of rotatable bonds is 4. The highest BCUT2D eigenvalue weighted by Gasteiger charge is 2.21. The van der Waals surface area contributed by atoms with Crippen LogP contribution in [0.2, 0.25) is 0 Å². The molecular weight excluding hydrogens is 270 g/mol. The van der Waals surface area contributed by atoms with E-state index < -0.39 is 0 Å². The highest BCUT2D eigenvalue weighted by Crippen LogP contribution is 2.17. The molecule has 8 heteroatoms. The molecule has 0 aromatic carbocycles. The maximum Gasteiger partial charge on any atom is 0.280 e. The number of nitrogens with one attached hydrogen (secondary N) is 1. The quantitative estimate of drug-likeness (QED) is 0.743. The summed E-state index contributed by atoms with van der Waals surface area (Å²) in [5.74, 6) is 0.975. The SMILES string of the molecule is c1ccc(Cc2noc(-c3cn(C4CNC4)nn3)n2)nc1. The lowest BCUT2D eigenvalue weighted by atomic mass is 10.2. The second-order valence-corrected chi connectivity index (χ2v) is 4.91. The fourth-order valence-corrected chi connectivity index (χ4v) is 2.11. The Morgan fingerprint density at radius 2 is 2.29 bits per heavy atom. The minimum atomic E-state index is 0.363. The fourth-order valence-electron chi connectivity index (χ4n) is 2.11. The van der Waals surface area contributed by atoms with Crippen molar-refractivity contribution in [3.8, 4) is 11.6 Å². The lowest BCUT2D eigenvalue weighted by molar-refractivity contribution is 0.313. The third-order valence-corrected chi connectivity index (χ3v) is 3.40. The minimum absolute atomic E-state index is 0.363. The first-order valence-electron chi connectivity index (χ1n) is 6.74. The van der Waals surface area contributed by atoms with Crippen LogP contribution in [0.15, 0.2) is 35.1 Å². The molecule has 4 rings (SSSR count).